The Kier molecular flexibility index (Phi) is 29.3. The predicted molar refractivity (Wildman–Crippen MR) is 40.5 cm³/mol. The van der Waals surface area contributed by atoms with Crippen molar-refractivity contribution in [1.82, 2.24) is 0 Å². The normalized spacial score (nSPS) is 7.50. The van der Waals surface area contributed by atoms with E-state index in [0.29, 0.717) is 0 Å². The molecule has 0 atom stereocenters. The third-order valence-corrected chi connectivity index (χ3v) is 0. The van der Waals surface area contributed by atoms with Crippen molar-refractivity contribution in [2.24, 2.45) is 0 Å². The number of hydrogen-bond donors (Lipinski definition) is 4. The average Bonchev–Trinajstić information content (AvgIpc) is 0.722. The minimum atomic E-state index is -4.61. The van der Waals surface area contributed by atoms with E-state index in [9.17, 15) is 0 Å². The summed E-state index contributed by atoms with van der Waals surface area (Å²) in [6.45, 7) is 0. The maximum absolute atomic E-state index is 7.33. The molecule has 8 heteroatoms. The van der Waals surface area contributed by atoms with E-state index < -0.39 is 9.05 Å². The zero-order chi connectivity index (χ0) is 4.50. The van der Waals surface area contributed by atoms with Crippen molar-refractivity contribution in [2.75, 3.05) is 0 Å². The van der Waals surface area contributed by atoms with Crippen LogP contribution < -0.4 is 0 Å². The first-order valence-corrected chi connectivity index (χ1v) is 2.68. The standard InChI is InChI=1S/Al.Ba.Ca.H4O4Si.7H/c;;;1-5(2,3)4;;;;;;;/h;;;1-4H;;;;;;;/q;2*+2;;;;;4*-1. The van der Waals surface area contributed by atoms with Gasteiger partial charge in [0.25, 0.3) is 0 Å². The van der Waals surface area contributed by atoms with Gasteiger partial charge in [-0.15, -0.1) is 0 Å². The van der Waals surface area contributed by atoms with Crippen LogP contribution in [0.25, 0.3) is 0 Å². The van der Waals surface area contributed by atoms with Crippen molar-refractivity contribution < 1.29 is 24.9 Å². The van der Waals surface area contributed by atoms with Gasteiger partial charge in [0.15, 0.2) is 17.4 Å². The van der Waals surface area contributed by atoms with Crippen LogP contribution in [0.5, 0.6) is 0 Å². The first-order chi connectivity index (χ1) is 2.00. The van der Waals surface area contributed by atoms with Crippen molar-refractivity contribution in [3.05, 3.63) is 0 Å². The van der Waals surface area contributed by atoms with Crippen LogP contribution in [0.1, 0.15) is 5.71 Å². The Balaban J connectivity index is -0.00000000381. The van der Waals surface area contributed by atoms with Crippen molar-refractivity contribution in [1.29, 1.82) is 0 Å². The molecule has 0 aromatic carbocycles. The Morgan fingerprint density at radius 3 is 1.00 bits per heavy atom. The van der Waals surface area contributed by atoms with Gasteiger partial charge in [0.1, 0.15) is 0 Å². The van der Waals surface area contributed by atoms with Gasteiger partial charge < -0.3 is 24.9 Å². The van der Waals surface area contributed by atoms with E-state index in [0.717, 1.165) is 0 Å². The zero-order valence-electron chi connectivity index (χ0n) is 7.70. The average molecular weight is 308 g/mol. The summed E-state index contributed by atoms with van der Waals surface area (Å²) in [5.41, 5.74) is 0. The van der Waals surface area contributed by atoms with Gasteiger partial charge in [-0.1, -0.05) is 0 Å². The molecule has 0 unspecified atom stereocenters. The zero-order valence-corrected chi connectivity index (χ0v) is 11.4. The third kappa shape index (κ3) is 57.1. The first kappa shape index (κ1) is 22.5. The smallest absolute Gasteiger partial charge is 1.00 e. The quantitative estimate of drug-likeness (QED) is 0.343. The minimum Gasteiger partial charge on any atom is -1.00 e. The number of hydrogen-bond acceptors (Lipinski definition) is 4. The summed E-state index contributed by atoms with van der Waals surface area (Å²) in [6, 6.07) is 0. The molecule has 8 heavy (non-hydrogen) atoms. The third-order valence-electron chi connectivity index (χ3n) is 0. The van der Waals surface area contributed by atoms with Gasteiger partial charge in [-0.2, -0.15) is 0 Å². The van der Waals surface area contributed by atoms with Crippen molar-refractivity contribution in [3.63, 3.8) is 0 Å². The molecule has 0 rings (SSSR count). The molecule has 0 aliphatic heterocycles. The van der Waals surface area contributed by atoms with Crippen LogP contribution in [-0.2, 0) is 0 Å². The number of rotatable bonds is 0. The van der Waals surface area contributed by atoms with Gasteiger partial charge in [-0.25, -0.2) is 0 Å². The Hall–Kier alpha value is 3.42. The molecule has 0 radical (unpaired) electrons. The van der Waals surface area contributed by atoms with Crippen LogP contribution in [0.4, 0.5) is 0 Å². The van der Waals surface area contributed by atoms with E-state index in [1.807, 2.05) is 0 Å². The summed E-state index contributed by atoms with van der Waals surface area (Å²) in [5.74, 6) is 0. The summed E-state index contributed by atoms with van der Waals surface area (Å²) in [5, 5.41) is 0. The van der Waals surface area contributed by atoms with E-state index in [2.05, 4.69) is 0 Å². The van der Waals surface area contributed by atoms with Crippen LogP contribution in [0, 0.1) is 0 Å². The fraction of sp³-hybridized carbons (Fsp3) is 0. The van der Waals surface area contributed by atoms with Crippen molar-refractivity contribution in [3.8, 4) is 0 Å². The second-order valence-electron chi connectivity index (χ2n) is 0.600. The molecule has 4 nitrogen and oxygen atoms in total. The van der Waals surface area contributed by atoms with Gasteiger partial charge in [-0.3, -0.25) is 0 Å². The molecule has 0 aromatic heterocycles. The minimum absolute atomic E-state index is 0. The van der Waals surface area contributed by atoms with E-state index in [1.54, 1.807) is 0 Å². The molecule has 0 bridgehead atoms. The van der Waals surface area contributed by atoms with Gasteiger partial charge in [0, 0.05) is 0 Å². The maximum atomic E-state index is 7.33. The molecular weight excluding hydrogens is 296 g/mol. The fourth-order valence-electron chi connectivity index (χ4n) is 0. The topological polar surface area (TPSA) is 80.9 Å². The van der Waals surface area contributed by atoms with Crippen molar-refractivity contribution >= 4 is 113 Å². The van der Waals surface area contributed by atoms with Crippen LogP contribution in [0.3, 0.4) is 0 Å². The van der Waals surface area contributed by atoms with Gasteiger partial charge in [-0.05, 0) is 0 Å². The summed E-state index contributed by atoms with van der Waals surface area (Å²) in [7, 11) is -4.61. The van der Waals surface area contributed by atoms with Crippen LogP contribution >= 0.6 is 0 Å². The van der Waals surface area contributed by atoms with E-state index in [-0.39, 0.29) is 110 Å². The molecular formula is H11AlBaCaO4Si. The van der Waals surface area contributed by atoms with E-state index >= 15 is 0 Å². The molecule has 0 fully saturated rings. The molecule has 0 spiro atoms. The molecule has 46 valence electrons. The molecule has 0 aliphatic carbocycles. The molecule has 0 aromatic rings. The summed E-state index contributed by atoms with van der Waals surface area (Å²) in [6.07, 6.45) is 0. The second kappa shape index (κ2) is 10.4. The molecule has 0 saturated heterocycles. The van der Waals surface area contributed by atoms with E-state index in [4.69, 9.17) is 19.2 Å². The second-order valence-corrected chi connectivity index (χ2v) is 1.80. The predicted octanol–water partition coefficient (Wildman–Crippen LogP) is -4.10. The molecule has 4 N–H and O–H groups in total. The summed E-state index contributed by atoms with van der Waals surface area (Å²) < 4.78 is 0. The molecule has 0 aliphatic rings. The summed E-state index contributed by atoms with van der Waals surface area (Å²) >= 11 is 0. The van der Waals surface area contributed by atoms with Gasteiger partial charge in [0.2, 0.25) is 0 Å². The largest absolute Gasteiger partial charge is 2.00 e. The molecule has 0 amide bonds. The Morgan fingerprint density at radius 1 is 1.00 bits per heavy atom. The van der Waals surface area contributed by atoms with Crippen LogP contribution in [0.15, 0.2) is 0 Å². The maximum Gasteiger partial charge on any atom is 2.00 e. The SMILES string of the molecule is O[Si](O)(O)O.[AlH3].[Ba+2].[Ca+2].[H-].[H-].[H-].[H-]. The molecule has 0 saturated carbocycles. The van der Waals surface area contributed by atoms with Gasteiger partial charge in [0.05, 0.1) is 0 Å². The van der Waals surface area contributed by atoms with Crippen LogP contribution in [-0.4, -0.2) is 132 Å². The Bertz CT molecular complexity index is 42.5. The Morgan fingerprint density at radius 2 is 1.00 bits per heavy atom. The first-order valence-electron chi connectivity index (χ1n) is 0.894. The van der Waals surface area contributed by atoms with E-state index in [1.165, 1.54) is 0 Å². The van der Waals surface area contributed by atoms with Crippen molar-refractivity contribution in [2.45, 2.75) is 0 Å². The fourth-order valence-corrected chi connectivity index (χ4v) is 0. The Labute approximate surface area is 135 Å². The monoisotopic (exact) mass is 308 g/mol. The molecule has 0 heterocycles. The van der Waals surface area contributed by atoms with Gasteiger partial charge >= 0.3 is 95.7 Å². The van der Waals surface area contributed by atoms with Crippen LogP contribution in [0.2, 0.25) is 0 Å². The summed E-state index contributed by atoms with van der Waals surface area (Å²) in [4.78, 5) is 29.3.